The van der Waals surface area contributed by atoms with Crippen LogP contribution in [0.4, 0.5) is 4.39 Å². The minimum atomic E-state index is -0.346. The highest BCUT2D eigenvalue weighted by Crippen LogP contribution is 2.29. The molecule has 0 radical (unpaired) electrons. The standard InChI is InChI=1S/C17H19ClFNO/c1-11(2)21-17-6-4-3-5-14(17)16(20)9-12-7-8-13(19)10-15(12)18/h3-8,10-11,16H,9,20H2,1-2H3. The third kappa shape index (κ3) is 4.19. The molecule has 0 amide bonds. The quantitative estimate of drug-likeness (QED) is 0.882. The van der Waals surface area contributed by atoms with Crippen LogP contribution in [0.15, 0.2) is 42.5 Å². The molecule has 0 fully saturated rings. The molecule has 2 rings (SSSR count). The molecule has 1 atom stereocenters. The summed E-state index contributed by atoms with van der Waals surface area (Å²) < 4.78 is 18.9. The maximum atomic E-state index is 13.1. The molecule has 0 heterocycles. The predicted molar refractivity (Wildman–Crippen MR) is 84.2 cm³/mol. The maximum absolute atomic E-state index is 13.1. The molecule has 0 aromatic heterocycles. The van der Waals surface area contributed by atoms with E-state index in [1.807, 2.05) is 38.1 Å². The summed E-state index contributed by atoms with van der Waals surface area (Å²) in [6, 6.07) is 11.8. The Bertz CT molecular complexity index is 615. The second-order valence-corrected chi connectivity index (χ2v) is 5.66. The average molecular weight is 308 g/mol. The first kappa shape index (κ1) is 15.8. The van der Waals surface area contributed by atoms with Gasteiger partial charge in [-0.05, 0) is 44.0 Å². The molecule has 0 aliphatic rings. The smallest absolute Gasteiger partial charge is 0.124 e. The summed E-state index contributed by atoms with van der Waals surface area (Å²) in [6.07, 6.45) is 0.602. The lowest BCUT2D eigenvalue weighted by Crippen LogP contribution is -2.16. The molecule has 4 heteroatoms. The van der Waals surface area contributed by atoms with Crippen molar-refractivity contribution in [3.63, 3.8) is 0 Å². The first-order chi connectivity index (χ1) is 9.97. The van der Waals surface area contributed by atoms with Gasteiger partial charge >= 0.3 is 0 Å². The molecule has 2 aromatic rings. The lowest BCUT2D eigenvalue weighted by Gasteiger charge is -2.19. The number of halogens is 2. The number of rotatable bonds is 5. The number of benzene rings is 2. The van der Waals surface area contributed by atoms with E-state index in [0.717, 1.165) is 16.9 Å². The minimum Gasteiger partial charge on any atom is -0.491 e. The Hall–Kier alpha value is -1.58. The number of ether oxygens (including phenoxy) is 1. The molecule has 0 saturated carbocycles. The van der Waals surface area contributed by atoms with Crippen molar-refractivity contribution in [3.8, 4) is 5.75 Å². The SMILES string of the molecule is CC(C)Oc1ccccc1C(N)Cc1ccc(F)cc1Cl. The summed E-state index contributed by atoms with van der Waals surface area (Å²) in [5.41, 5.74) is 8.02. The van der Waals surface area contributed by atoms with Gasteiger partial charge in [0.05, 0.1) is 6.10 Å². The van der Waals surface area contributed by atoms with E-state index in [2.05, 4.69) is 0 Å². The van der Waals surface area contributed by atoms with Crippen molar-refractivity contribution in [3.05, 3.63) is 64.4 Å². The molecule has 0 aliphatic heterocycles. The Kier molecular flexibility index (Phi) is 5.21. The van der Waals surface area contributed by atoms with Crippen LogP contribution in [0.1, 0.15) is 31.0 Å². The van der Waals surface area contributed by atoms with Gasteiger partial charge in [0.15, 0.2) is 0 Å². The van der Waals surface area contributed by atoms with Gasteiger partial charge in [-0.15, -0.1) is 0 Å². The van der Waals surface area contributed by atoms with E-state index in [1.165, 1.54) is 12.1 Å². The van der Waals surface area contributed by atoms with Crippen molar-refractivity contribution < 1.29 is 9.13 Å². The van der Waals surface area contributed by atoms with E-state index in [-0.39, 0.29) is 18.0 Å². The monoisotopic (exact) mass is 307 g/mol. The van der Waals surface area contributed by atoms with Crippen LogP contribution in [0.25, 0.3) is 0 Å². The van der Waals surface area contributed by atoms with E-state index in [4.69, 9.17) is 22.1 Å². The Morgan fingerprint density at radius 2 is 1.90 bits per heavy atom. The summed E-state index contributed by atoms with van der Waals surface area (Å²) in [5, 5.41) is 0.396. The Labute approximate surface area is 129 Å². The van der Waals surface area contributed by atoms with Gasteiger partial charge in [0, 0.05) is 16.6 Å². The van der Waals surface area contributed by atoms with Crippen LogP contribution in [0.2, 0.25) is 5.02 Å². The first-order valence-electron chi connectivity index (χ1n) is 6.92. The van der Waals surface area contributed by atoms with Gasteiger partial charge in [-0.2, -0.15) is 0 Å². The zero-order valence-electron chi connectivity index (χ0n) is 12.1. The molecule has 21 heavy (non-hydrogen) atoms. The lowest BCUT2D eigenvalue weighted by atomic mass is 9.99. The fourth-order valence-electron chi connectivity index (χ4n) is 2.18. The second-order valence-electron chi connectivity index (χ2n) is 5.25. The van der Waals surface area contributed by atoms with Gasteiger partial charge < -0.3 is 10.5 Å². The number of hydrogen-bond donors (Lipinski definition) is 1. The first-order valence-corrected chi connectivity index (χ1v) is 7.30. The molecular formula is C17H19ClFNO. The molecule has 0 spiro atoms. The summed E-state index contributed by atoms with van der Waals surface area (Å²) in [6.45, 7) is 3.94. The van der Waals surface area contributed by atoms with Gasteiger partial charge in [-0.3, -0.25) is 0 Å². The average Bonchev–Trinajstić information content (AvgIpc) is 2.42. The summed E-state index contributed by atoms with van der Waals surface area (Å²) >= 11 is 6.06. The van der Waals surface area contributed by atoms with Crippen molar-refractivity contribution in [1.82, 2.24) is 0 Å². The van der Waals surface area contributed by atoms with Gasteiger partial charge in [-0.1, -0.05) is 35.9 Å². The predicted octanol–water partition coefficient (Wildman–Crippen LogP) is 4.51. The molecule has 112 valence electrons. The Morgan fingerprint density at radius 3 is 2.57 bits per heavy atom. The van der Waals surface area contributed by atoms with E-state index >= 15 is 0 Å². The molecule has 1 unspecified atom stereocenters. The highest BCUT2D eigenvalue weighted by atomic mass is 35.5. The van der Waals surface area contributed by atoms with Crippen molar-refractivity contribution in [2.24, 2.45) is 5.73 Å². The van der Waals surface area contributed by atoms with E-state index in [0.29, 0.717) is 11.4 Å². The van der Waals surface area contributed by atoms with Gasteiger partial charge in [-0.25, -0.2) is 4.39 Å². The molecule has 0 saturated heterocycles. The van der Waals surface area contributed by atoms with Crippen molar-refractivity contribution in [2.45, 2.75) is 32.4 Å². The topological polar surface area (TPSA) is 35.2 Å². The number of para-hydroxylation sites is 1. The van der Waals surface area contributed by atoms with E-state index in [9.17, 15) is 4.39 Å². The zero-order valence-corrected chi connectivity index (χ0v) is 12.9. The lowest BCUT2D eigenvalue weighted by molar-refractivity contribution is 0.238. The van der Waals surface area contributed by atoms with Crippen LogP contribution in [0.3, 0.4) is 0 Å². The zero-order chi connectivity index (χ0) is 15.4. The van der Waals surface area contributed by atoms with Crippen LogP contribution < -0.4 is 10.5 Å². The normalized spacial score (nSPS) is 12.5. The molecule has 0 bridgehead atoms. The van der Waals surface area contributed by atoms with E-state index < -0.39 is 0 Å². The summed E-state index contributed by atoms with van der Waals surface area (Å²) in [4.78, 5) is 0. The third-order valence-corrected chi connectivity index (χ3v) is 3.49. The largest absolute Gasteiger partial charge is 0.491 e. The van der Waals surface area contributed by atoms with Crippen LogP contribution in [0, 0.1) is 5.82 Å². The van der Waals surface area contributed by atoms with E-state index in [1.54, 1.807) is 6.07 Å². The number of nitrogens with two attached hydrogens (primary N) is 1. The van der Waals surface area contributed by atoms with Gasteiger partial charge in [0.2, 0.25) is 0 Å². The summed E-state index contributed by atoms with van der Waals surface area (Å²) in [7, 11) is 0. The van der Waals surface area contributed by atoms with Crippen LogP contribution in [0.5, 0.6) is 5.75 Å². The van der Waals surface area contributed by atoms with Crippen molar-refractivity contribution in [1.29, 1.82) is 0 Å². The molecule has 2 aromatic carbocycles. The van der Waals surface area contributed by atoms with Gasteiger partial charge in [0.1, 0.15) is 11.6 Å². The Balaban J connectivity index is 2.22. The van der Waals surface area contributed by atoms with Crippen LogP contribution in [-0.2, 0) is 6.42 Å². The van der Waals surface area contributed by atoms with Gasteiger partial charge in [0.25, 0.3) is 0 Å². The fourth-order valence-corrected chi connectivity index (χ4v) is 2.43. The number of hydrogen-bond acceptors (Lipinski definition) is 2. The maximum Gasteiger partial charge on any atom is 0.124 e. The third-order valence-electron chi connectivity index (χ3n) is 3.14. The molecule has 2 nitrogen and oxygen atoms in total. The molecule has 0 aliphatic carbocycles. The molecule has 2 N–H and O–H groups in total. The Morgan fingerprint density at radius 1 is 1.19 bits per heavy atom. The fraction of sp³-hybridized carbons (Fsp3) is 0.294. The summed E-state index contributed by atoms with van der Waals surface area (Å²) in [5.74, 6) is 0.430. The van der Waals surface area contributed by atoms with Crippen LogP contribution >= 0.6 is 11.6 Å². The van der Waals surface area contributed by atoms with Crippen molar-refractivity contribution in [2.75, 3.05) is 0 Å². The van der Waals surface area contributed by atoms with Crippen molar-refractivity contribution >= 4 is 11.6 Å². The molecular weight excluding hydrogens is 289 g/mol. The van der Waals surface area contributed by atoms with Crippen LogP contribution in [-0.4, -0.2) is 6.10 Å². The highest BCUT2D eigenvalue weighted by Gasteiger charge is 2.15. The second kappa shape index (κ2) is 6.92. The minimum absolute atomic E-state index is 0.0766. The highest BCUT2D eigenvalue weighted by molar-refractivity contribution is 6.31.